The number of hydrogen-bond donors (Lipinski definition) is 0. The van der Waals surface area contributed by atoms with Gasteiger partial charge in [-0.3, -0.25) is 0 Å². The van der Waals surface area contributed by atoms with E-state index in [0.29, 0.717) is 0 Å². The zero-order chi connectivity index (χ0) is 11.1. The van der Waals surface area contributed by atoms with E-state index in [2.05, 4.69) is 43.3 Å². The van der Waals surface area contributed by atoms with Crippen LogP contribution < -0.4 is 28.1 Å². The van der Waals surface area contributed by atoms with E-state index < -0.39 is 0 Å². The van der Waals surface area contributed by atoms with E-state index in [1.807, 2.05) is 0 Å². The first-order chi connectivity index (χ1) is 7.81. The van der Waals surface area contributed by atoms with Gasteiger partial charge in [-0.1, -0.05) is 0 Å². The maximum atomic E-state index is 2.31. The predicted molar refractivity (Wildman–Crippen MR) is 63.7 cm³/mol. The fourth-order valence-corrected chi connectivity index (χ4v) is 3.74. The largest absolute Gasteiger partial charge is 1.00 e. The van der Waals surface area contributed by atoms with Crippen LogP contribution in [0, 0.1) is 0 Å². The fourth-order valence-electron chi connectivity index (χ4n) is 2.55. The van der Waals surface area contributed by atoms with Gasteiger partial charge < -0.3 is 24.8 Å². The summed E-state index contributed by atoms with van der Waals surface area (Å²) in [6.07, 6.45) is 2.30. The first-order valence-corrected chi connectivity index (χ1v) is 6.98. The van der Waals surface area contributed by atoms with Crippen molar-refractivity contribution in [2.75, 3.05) is 0 Å². The Morgan fingerprint density at radius 1 is 1.00 bits per heavy atom. The molecule has 0 bridgehead atoms. The van der Waals surface area contributed by atoms with E-state index >= 15 is 0 Å². The summed E-state index contributed by atoms with van der Waals surface area (Å²) in [6.45, 7) is 2.25. The average molecular weight is 355 g/mol. The molecule has 0 atom stereocenters. The van der Waals surface area contributed by atoms with Crippen LogP contribution in [-0.4, -0.2) is 0 Å². The maximum Gasteiger partial charge on any atom is -1.00 e. The zero-order valence-corrected chi connectivity index (χ0v) is 14.1. The Balaban J connectivity index is 0.000000810. The minimum Gasteiger partial charge on any atom is -1.00 e. The Labute approximate surface area is 136 Å². The summed E-state index contributed by atoms with van der Waals surface area (Å²) in [5.74, 6) is 0. The van der Waals surface area contributed by atoms with Crippen LogP contribution in [0.5, 0.6) is 0 Å². The number of rotatable bonds is 1. The van der Waals surface area contributed by atoms with Crippen LogP contribution in [0.15, 0.2) is 36.4 Å². The van der Waals surface area contributed by atoms with Crippen LogP contribution in [0.4, 0.5) is 0 Å². The number of halogens is 2. The molecule has 0 fully saturated rings. The van der Waals surface area contributed by atoms with Gasteiger partial charge in [-0.05, 0) is 0 Å². The van der Waals surface area contributed by atoms with Crippen molar-refractivity contribution in [3.63, 3.8) is 0 Å². The van der Waals surface area contributed by atoms with Gasteiger partial charge in [0.1, 0.15) is 0 Å². The monoisotopic (exact) mass is 353 g/mol. The van der Waals surface area contributed by atoms with Crippen LogP contribution in [-0.2, 0) is 37.6 Å². The Morgan fingerprint density at radius 2 is 1.72 bits per heavy atom. The van der Waals surface area contributed by atoms with E-state index in [1.165, 1.54) is 22.3 Å². The Kier molecular flexibility index (Phi) is 5.65. The molecular weight excluding hydrogens is 342 g/mol. The van der Waals surface area contributed by atoms with Gasteiger partial charge in [0.05, 0.1) is 0 Å². The van der Waals surface area contributed by atoms with Gasteiger partial charge in [0.2, 0.25) is 0 Å². The summed E-state index contributed by atoms with van der Waals surface area (Å²) in [5.41, 5.74) is 7.53. The van der Waals surface area contributed by atoms with E-state index in [9.17, 15) is 0 Å². The molecule has 0 amide bonds. The molecule has 0 nitrogen and oxygen atoms in total. The van der Waals surface area contributed by atoms with E-state index in [-0.39, 0.29) is 24.8 Å². The topological polar surface area (TPSA) is 0 Å². The summed E-state index contributed by atoms with van der Waals surface area (Å²) < 4.78 is 1.59. The number of hydrogen-bond acceptors (Lipinski definition) is 0. The minimum atomic E-state index is 0. The normalized spacial score (nSPS) is 11.1. The third-order valence-corrected chi connectivity index (χ3v) is 4.99. The molecule has 0 saturated heterocycles. The molecule has 0 spiro atoms. The zero-order valence-electron chi connectivity index (χ0n) is 10.1. The van der Waals surface area contributed by atoms with Crippen LogP contribution >= 0.6 is 0 Å². The first kappa shape index (κ1) is 16.0. The predicted octanol–water partition coefficient (Wildman–Crippen LogP) is -3.00. The minimum absolute atomic E-state index is 0. The number of fused-ring (bicyclic) bond motifs is 3. The first-order valence-electron chi connectivity index (χ1n) is 5.76. The molecule has 2 aromatic carbocycles. The molecule has 0 N–H and O–H groups in total. The van der Waals surface area contributed by atoms with Gasteiger partial charge in [-0.25, -0.2) is 0 Å². The fraction of sp³-hybridized carbons (Fsp3) is 0.200. The van der Waals surface area contributed by atoms with Gasteiger partial charge >= 0.3 is 112 Å². The molecular formula is C15H13Cl2Zr. The standard InChI is InChI=1S/C15H13.2ClH.Zr/c1-2-11-7-8-15-13(9-11)10-12-5-3-4-6-14(12)15;;;/h3-8H,2,10H2,1H3;2*1H;/q;;;+2/p-2. The molecule has 18 heavy (non-hydrogen) atoms. The molecule has 2 aromatic rings. The molecule has 1 aliphatic rings. The van der Waals surface area contributed by atoms with Gasteiger partial charge in [-0.2, -0.15) is 0 Å². The van der Waals surface area contributed by atoms with Crippen molar-refractivity contribution in [2.24, 2.45) is 0 Å². The van der Waals surface area contributed by atoms with E-state index in [1.54, 1.807) is 33.6 Å². The SMILES string of the molecule is CCc1ccc2c([c]1[Zr+2])Cc1ccccc1-2.[Cl-].[Cl-]. The molecule has 1 aliphatic carbocycles. The molecule has 0 aromatic heterocycles. The van der Waals surface area contributed by atoms with Crippen LogP contribution in [0.3, 0.4) is 0 Å². The Bertz CT molecular complexity index is 564. The summed E-state index contributed by atoms with van der Waals surface area (Å²) in [7, 11) is 0. The van der Waals surface area contributed by atoms with Gasteiger partial charge in [-0.15, -0.1) is 0 Å². The Hall–Kier alpha value is -0.0969. The van der Waals surface area contributed by atoms with Crippen molar-refractivity contribution < 1.29 is 49.5 Å². The van der Waals surface area contributed by atoms with Crippen molar-refractivity contribution >= 4 is 3.27 Å². The molecule has 91 valence electrons. The second-order valence-corrected chi connectivity index (χ2v) is 5.54. The van der Waals surface area contributed by atoms with Crippen molar-refractivity contribution in [3.8, 4) is 11.1 Å². The summed E-state index contributed by atoms with van der Waals surface area (Å²) in [5, 5.41) is 0. The van der Waals surface area contributed by atoms with Gasteiger partial charge in [0, 0.05) is 0 Å². The van der Waals surface area contributed by atoms with E-state index in [4.69, 9.17) is 0 Å². The van der Waals surface area contributed by atoms with Crippen LogP contribution in [0.2, 0.25) is 0 Å². The second-order valence-electron chi connectivity index (χ2n) is 4.31. The second kappa shape index (κ2) is 6.37. The number of aryl methyl sites for hydroxylation is 1. The summed E-state index contributed by atoms with van der Waals surface area (Å²) in [4.78, 5) is 0. The molecule has 0 heterocycles. The maximum absolute atomic E-state index is 2.31. The van der Waals surface area contributed by atoms with Crippen molar-refractivity contribution in [2.45, 2.75) is 19.8 Å². The van der Waals surface area contributed by atoms with Gasteiger partial charge in [0.15, 0.2) is 0 Å². The Morgan fingerprint density at radius 3 is 2.44 bits per heavy atom. The van der Waals surface area contributed by atoms with Crippen molar-refractivity contribution in [1.82, 2.24) is 0 Å². The molecule has 3 heteroatoms. The quantitative estimate of drug-likeness (QED) is 0.437. The van der Waals surface area contributed by atoms with Crippen molar-refractivity contribution in [1.29, 1.82) is 0 Å². The third-order valence-electron chi connectivity index (χ3n) is 3.45. The van der Waals surface area contributed by atoms with Gasteiger partial charge in [0.25, 0.3) is 0 Å². The average Bonchev–Trinajstić information content (AvgIpc) is 2.69. The smallest absolute Gasteiger partial charge is 1.00 e. The van der Waals surface area contributed by atoms with Crippen molar-refractivity contribution in [3.05, 3.63) is 53.1 Å². The molecule has 0 aliphatic heterocycles. The molecule has 3 rings (SSSR count). The van der Waals surface area contributed by atoms with Crippen LogP contribution in [0.25, 0.3) is 11.1 Å². The molecule has 0 radical (unpaired) electrons. The molecule has 0 unspecified atom stereocenters. The summed E-state index contributed by atoms with van der Waals surface area (Å²) in [6, 6.07) is 13.4. The van der Waals surface area contributed by atoms with Crippen LogP contribution in [0.1, 0.15) is 23.6 Å². The summed E-state index contributed by atoms with van der Waals surface area (Å²) >= 11 is 1.56. The van der Waals surface area contributed by atoms with E-state index in [0.717, 1.165) is 12.8 Å². The third kappa shape index (κ3) is 2.46. The molecule has 0 saturated carbocycles. The number of benzene rings is 2.